The predicted molar refractivity (Wildman–Crippen MR) is 156 cm³/mol. The number of benzene rings is 1. The van der Waals surface area contributed by atoms with Crippen LogP contribution in [0.5, 0.6) is 0 Å². The predicted octanol–water partition coefficient (Wildman–Crippen LogP) is 4.88. The fourth-order valence-corrected chi connectivity index (χ4v) is 6.25. The molecule has 10 heteroatoms. The number of fused-ring (bicyclic) bond motifs is 1. The number of piperazine rings is 1. The van der Waals surface area contributed by atoms with E-state index >= 15 is 0 Å². The van der Waals surface area contributed by atoms with Crippen molar-refractivity contribution in [2.45, 2.75) is 71.3 Å². The quantitative estimate of drug-likeness (QED) is 0.411. The third-order valence-corrected chi connectivity index (χ3v) is 8.66. The largest absolute Gasteiger partial charge is 0.469 e. The number of carbonyl (C=O) groups is 3. The van der Waals surface area contributed by atoms with Crippen molar-refractivity contribution in [3.05, 3.63) is 53.6 Å². The smallest absolute Gasteiger partial charge is 0.308 e. The number of hydrogen-bond donors (Lipinski definition) is 0. The van der Waals surface area contributed by atoms with Gasteiger partial charge in [-0.1, -0.05) is 20.8 Å². The highest BCUT2D eigenvalue weighted by molar-refractivity contribution is 5.94. The Kier molecular flexibility index (Phi) is 7.85. The van der Waals surface area contributed by atoms with Gasteiger partial charge in [-0.2, -0.15) is 5.10 Å². The lowest BCUT2D eigenvalue weighted by Gasteiger charge is -2.47. The van der Waals surface area contributed by atoms with E-state index in [0.717, 1.165) is 11.1 Å². The van der Waals surface area contributed by atoms with Crippen LogP contribution in [-0.2, 0) is 19.7 Å². The van der Waals surface area contributed by atoms with E-state index in [1.807, 2.05) is 24.8 Å². The van der Waals surface area contributed by atoms with E-state index in [2.05, 4.69) is 20.8 Å². The van der Waals surface area contributed by atoms with Gasteiger partial charge < -0.3 is 14.5 Å². The molecule has 0 radical (unpaired) electrons. The number of amides is 2. The van der Waals surface area contributed by atoms with Gasteiger partial charge >= 0.3 is 5.97 Å². The average Bonchev–Trinajstić information content (AvgIpc) is 3.39. The Labute approximate surface area is 246 Å². The van der Waals surface area contributed by atoms with Gasteiger partial charge in [-0.15, -0.1) is 0 Å². The van der Waals surface area contributed by atoms with Crippen LogP contribution in [0.15, 0.2) is 36.5 Å². The highest BCUT2D eigenvalue weighted by Crippen LogP contribution is 2.34. The number of imidazole rings is 1. The summed E-state index contributed by atoms with van der Waals surface area (Å²) in [7, 11) is 1.40. The molecule has 1 aromatic carbocycles. The van der Waals surface area contributed by atoms with Gasteiger partial charge in [0.1, 0.15) is 11.5 Å². The maximum absolute atomic E-state index is 13.9. The molecule has 0 unspecified atom stereocenters. The van der Waals surface area contributed by atoms with Gasteiger partial charge in [-0.3, -0.25) is 14.4 Å². The van der Waals surface area contributed by atoms with Crippen LogP contribution in [0.1, 0.15) is 76.4 Å². The van der Waals surface area contributed by atoms with Crippen LogP contribution >= 0.6 is 0 Å². The van der Waals surface area contributed by atoms with Crippen LogP contribution in [0.4, 0.5) is 4.39 Å². The van der Waals surface area contributed by atoms with E-state index in [-0.39, 0.29) is 40.9 Å². The second-order valence-electron chi connectivity index (χ2n) is 13.2. The van der Waals surface area contributed by atoms with Gasteiger partial charge in [0.05, 0.1) is 30.5 Å². The topological polar surface area (TPSA) is 97.1 Å². The van der Waals surface area contributed by atoms with Crippen LogP contribution in [-0.4, -0.2) is 74.5 Å². The van der Waals surface area contributed by atoms with Gasteiger partial charge in [0.2, 0.25) is 5.91 Å². The third kappa shape index (κ3) is 5.76. The summed E-state index contributed by atoms with van der Waals surface area (Å²) in [6, 6.07) is 8.14. The van der Waals surface area contributed by atoms with Crippen LogP contribution < -0.4 is 0 Å². The summed E-state index contributed by atoms with van der Waals surface area (Å²) in [5.74, 6) is -0.868. The molecule has 3 heterocycles. The second kappa shape index (κ2) is 11.1. The number of carbonyl (C=O) groups excluding carboxylic acids is 3. The molecule has 2 aromatic heterocycles. The highest BCUT2D eigenvalue weighted by Gasteiger charge is 2.42. The number of rotatable bonds is 4. The van der Waals surface area contributed by atoms with Crippen molar-refractivity contribution in [1.29, 1.82) is 0 Å². The molecular formula is C32H40FN5O4. The first-order chi connectivity index (χ1) is 19.8. The first kappa shape index (κ1) is 29.7. The lowest BCUT2D eigenvalue weighted by Crippen LogP contribution is -2.62. The summed E-state index contributed by atoms with van der Waals surface area (Å²) in [6.45, 7) is 11.4. The molecule has 0 N–H and O–H groups in total. The number of aromatic nitrogens is 3. The number of esters is 1. The van der Waals surface area contributed by atoms with E-state index in [4.69, 9.17) is 14.8 Å². The fraction of sp³-hybridized carbons (Fsp3) is 0.531. The Balaban J connectivity index is 1.35. The Morgan fingerprint density at radius 1 is 1.00 bits per heavy atom. The molecule has 224 valence electrons. The summed E-state index contributed by atoms with van der Waals surface area (Å²) in [5.41, 5.74) is 2.36. The zero-order valence-corrected chi connectivity index (χ0v) is 25.3. The van der Waals surface area contributed by atoms with Crippen molar-refractivity contribution in [3.63, 3.8) is 0 Å². The standard InChI is InChI=1S/C32H40FN5O4/c1-31(2,3)24-17-25(20-11-13-23(33)14-12-20)35-38-18-26(34-27(24)38)29(40)37-16-15-36(19-32(37,4)5)28(39)21-7-9-22(10-8-21)30(41)42-6/h11-14,17-18,21-22H,7-10,15-16,19H2,1-6H3/t21-,22-. The van der Waals surface area contributed by atoms with Crippen LogP contribution in [0.2, 0.25) is 0 Å². The van der Waals surface area contributed by atoms with E-state index < -0.39 is 5.54 Å². The first-order valence-corrected chi connectivity index (χ1v) is 14.6. The summed E-state index contributed by atoms with van der Waals surface area (Å²) < 4.78 is 20.1. The molecule has 1 saturated heterocycles. The first-order valence-electron chi connectivity index (χ1n) is 14.6. The van der Waals surface area contributed by atoms with Crippen LogP contribution in [0.3, 0.4) is 0 Å². The molecule has 2 fully saturated rings. The molecule has 1 saturated carbocycles. The van der Waals surface area contributed by atoms with Crippen molar-refractivity contribution in [2.75, 3.05) is 26.7 Å². The van der Waals surface area contributed by atoms with Gasteiger partial charge in [-0.25, -0.2) is 13.9 Å². The Morgan fingerprint density at radius 2 is 1.64 bits per heavy atom. The molecule has 5 rings (SSSR count). The van der Waals surface area contributed by atoms with Crippen molar-refractivity contribution >= 4 is 23.4 Å². The van der Waals surface area contributed by atoms with Crippen LogP contribution in [0, 0.1) is 17.7 Å². The van der Waals surface area contributed by atoms with Crippen molar-refractivity contribution in [3.8, 4) is 11.3 Å². The molecule has 0 bridgehead atoms. The fourth-order valence-electron chi connectivity index (χ4n) is 6.25. The van der Waals surface area contributed by atoms with Crippen molar-refractivity contribution < 1.29 is 23.5 Å². The van der Waals surface area contributed by atoms with Crippen molar-refractivity contribution in [2.24, 2.45) is 11.8 Å². The monoisotopic (exact) mass is 577 g/mol. The molecule has 9 nitrogen and oxygen atoms in total. The number of methoxy groups -OCH3 is 1. The minimum atomic E-state index is -0.608. The number of hydrogen-bond acceptors (Lipinski definition) is 6. The molecule has 2 amide bonds. The second-order valence-corrected chi connectivity index (χ2v) is 13.2. The van der Waals surface area contributed by atoms with E-state index in [9.17, 15) is 18.8 Å². The maximum atomic E-state index is 13.9. The summed E-state index contributed by atoms with van der Waals surface area (Å²) >= 11 is 0. The lowest BCUT2D eigenvalue weighted by atomic mass is 9.81. The molecule has 1 aliphatic heterocycles. The molecule has 3 aromatic rings. The lowest BCUT2D eigenvalue weighted by molar-refractivity contribution is -0.149. The minimum Gasteiger partial charge on any atom is -0.469 e. The number of ether oxygens (including phenoxy) is 1. The SMILES string of the molecule is COC(=O)[C@H]1CC[C@H](C(=O)N2CCN(C(=O)c3cn4nc(-c5ccc(F)cc5)cc(C(C)(C)C)c4n3)C(C)(C)C2)CC1. The normalized spacial score (nSPS) is 20.9. The Hall–Kier alpha value is -3.82. The van der Waals surface area contributed by atoms with Crippen LogP contribution in [0.25, 0.3) is 16.9 Å². The average molecular weight is 578 g/mol. The maximum Gasteiger partial charge on any atom is 0.308 e. The molecule has 0 spiro atoms. The number of nitrogens with zero attached hydrogens (tertiary/aromatic N) is 5. The highest BCUT2D eigenvalue weighted by atomic mass is 19.1. The molecule has 1 aliphatic carbocycles. The zero-order chi connectivity index (χ0) is 30.4. The van der Waals surface area contributed by atoms with E-state index in [1.54, 1.807) is 27.7 Å². The number of halogens is 1. The third-order valence-electron chi connectivity index (χ3n) is 8.66. The van der Waals surface area contributed by atoms with E-state index in [1.165, 1.54) is 19.2 Å². The van der Waals surface area contributed by atoms with Gasteiger partial charge in [0, 0.05) is 36.7 Å². The zero-order valence-electron chi connectivity index (χ0n) is 25.3. The Morgan fingerprint density at radius 3 is 2.24 bits per heavy atom. The molecule has 0 atom stereocenters. The molecule has 42 heavy (non-hydrogen) atoms. The minimum absolute atomic E-state index is 0.0959. The van der Waals surface area contributed by atoms with E-state index in [0.29, 0.717) is 62.4 Å². The van der Waals surface area contributed by atoms with Gasteiger partial charge in [0.25, 0.3) is 5.91 Å². The van der Waals surface area contributed by atoms with Crippen molar-refractivity contribution in [1.82, 2.24) is 24.4 Å². The summed E-state index contributed by atoms with van der Waals surface area (Å²) in [5, 5.41) is 4.72. The Bertz CT molecular complexity index is 1500. The summed E-state index contributed by atoms with van der Waals surface area (Å²) in [4.78, 5) is 47.6. The molecular weight excluding hydrogens is 537 g/mol. The molecule has 2 aliphatic rings. The van der Waals surface area contributed by atoms with Gasteiger partial charge in [-0.05, 0) is 75.3 Å². The summed E-state index contributed by atoms with van der Waals surface area (Å²) in [6.07, 6.45) is 4.32. The van der Waals surface area contributed by atoms with Gasteiger partial charge in [0.15, 0.2) is 5.65 Å².